The summed E-state index contributed by atoms with van der Waals surface area (Å²) in [6, 6.07) is 2.07. The highest BCUT2D eigenvalue weighted by Gasteiger charge is 2.05. The molecular weight excluding hydrogens is 478 g/mol. The van der Waals surface area contributed by atoms with Crippen molar-refractivity contribution in [3.8, 4) is 11.8 Å². The summed E-state index contributed by atoms with van der Waals surface area (Å²) in [4.78, 5) is 10.4. The van der Waals surface area contributed by atoms with Gasteiger partial charge in [-0.3, -0.25) is 9.98 Å². The number of aliphatic imine (C=N–C) groups is 2. The number of aromatic nitrogens is 2. The zero-order chi connectivity index (χ0) is 27.7. The second kappa shape index (κ2) is 23.2. The second-order valence-corrected chi connectivity index (χ2v) is 8.82. The Bertz CT molecular complexity index is 994. The van der Waals surface area contributed by atoms with E-state index in [1.807, 2.05) is 36.9 Å². The lowest BCUT2D eigenvalue weighted by atomic mass is 10.1. The number of halogens is 1. The van der Waals surface area contributed by atoms with Crippen LogP contribution in [0.2, 0.25) is 0 Å². The van der Waals surface area contributed by atoms with Crippen LogP contribution in [0.5, 0.6) is 0 Å². The van der Waals surface area contributed by atoms with Gasteiger partial charge in [0.25, 0.3) is 0 Å². The summed E-state index contributed by atoms with van der Waals surface area (Å²) >= 11 is 5.56. The minimum absolute atomic E-state index is 0.277. The van der Waals surface area contributed by atoms with E-state index in [0.29, 0.717) is 6.67 Å². The lowest BCUT2D eigenvalue weighted by Crippen LogP contribution is -2.26. The molecule has 1 atom stereocenters. The lowest BCUT2D eigenvalue weighted by molar-refractivity contribution is 0.289. The predicted octanol–water partition coefficient (Wildman–Crippen LogP) is 7.41. The SMILES string of the molecule is C=C/C(C)=C\C=C(/C)Cl.C=CC#CC(C)/C=C/CCN(CC)CCCc1ccnn1C/N=C\C=C/N=C. The fourth-order valence-electron chi connectivity index (χ4n) is 3.01. The van der Waals surface area contributed by atoms with Crippen LogP contribution in [0.4, 0.5) is 0 Å². The summed E-state index contributed by atoms with van der Waals surface area (Å²) in [6.07, 6.45) is 21.7. The van der Waals surface area contributed by atoms with Gasteiger partial charge in [-0.2, -0.15) is 5.10 Å². The van der Waals surface area contributed by atoms with Crippen LogP contribution in [0.1, 0.15) is 46.2 Å². The van der Waals surface area contributed by atoms with Crippen molar-refractivity contribution in [2.75, 3.05) is 19.6 Å². The van der Waals surface area contributed by atoms with Gasteiger partial charge in [0, 0.05) is 41.8 Å². The van der Waals surface area contributed by atoms with Crippen LogP contribution in [0.3, 0.4) is 0 Å². The summed E-state index contributed by atoms with van der Waals surface area (Å²) in [5.74, 6) is 6.30. The maximum absolute atomic E-state index is 5.56. The standard InChI is InChI=1S/C23H33N5.C8H11Cl/c1-5-7-12-22(3)13-8-9-19-27(6-2)20-10-14-23-15-18-26-28(23)21-25-17-11-16-24-4;1-4-7(2)5-6-8(3)9/h5,8,11,13,15-18,22H,1,4,6,9-10,14,19-21H2,2-3H3;4-6H,1H2,2-3H3/b13-8+,16-11-,25-17-;7-5-,8-6+. The number of hydrogen-bond acceptors (Lipinski definition) is 4. The van der Waals surface area contributed by atoms with Crippen LogP contribution in [-0.2, 0) is 13.1 Å². The normalized spacial score (nSPS) is 12.9. The average molecular weight is 522 g/mol. The topological polar surface area (TPSA) is 45.8 Å². The van der Waals surface area contributed by atoms with Crippen LogP contribution >= 0.6 is 11.6 Å². The van der Waals surface area contributed by atoms with Crippen molar-refractivity contribution in [1.82, 2.24) is 14.7 Å². The number of nitrogens with zero attached hydrogens (tertiary/aromatic N) is 5. The first-order chi connectivity index (χ1) is 17.9. The number of rotatable bonds is 15. The molecule has 1 aromatic heterocycles. The molecule has 0 aliphatic heterocycles. The Kier molecular flexibility index (Phi) is 21.2. The van der Waals surface area contributed by atoms with Gasteiger partial charge in [-0.1, -0.05) is 73.4 Å². The van der Waals surface area contributed by atoms with Crippen molar-refractivity contribution >= 4 is 24.5 Å². The van der Waals surface area contributed by atoms with Crippen LogP contribution in [0, 0.1) is 17.8 Å². The third-order valence-electron chi connectivity index (χ3n) is 5.11. The van der Waals surface area contributed by atoms with E-state index in [1.165, 1.54) is 5.69 Å². The highest BCUT2D eigenvalue weighted by molar-refractivity contribution is 6.29. The first kappa shape index (κ1) is 33.8. The van der Waals surface area contributed by atoms with Crippen molar-refractivity contribution in [3.05, 3.63) is 90.5 Å². The van der Waals surface area contributed by atoms with E-state index in [-0.39, 0.29) is 5.92 Å². The molecule has 0 aliphatic rings. The monoisotopic (exact) mass is 521 g/mol. The summed E-state index contributed by atoms with van der Waals surface area (Å²) in [5.41, 5.74) is 2.34. The Morgan fingerprint density at radius 1 is 1.27 bits per heavy atom. The van der Waals surface area contributed by atoms with E-state index in [0.717, 1.165) is 49.5 Å². The second-order valence-electron chi connectivity index (χ2n) is 8.22. The van der Waals surface area contributed by atoms with Crippen molar-refractivity contribution in [1.29, 1.82) is 0 Å². The molecule has 0 aromatic carbocycles. The molecule has 37 heavy (non-hydrogen) atoms. The van der Waals surface area contributed by atoms with Crippen LogP contribution in [0.25, 0.3) is 0 Å². The average Bonchev–Trinajstić information content (AvgIpc) is 3.34. The molecule has 1 unspecified atom stereocenters. The van der Waals surface area contributed by atoms with Gasteiger partial charge >= 0.3 is 0 Å². The molecule has 0 aliphatic carbocycles. The smallest absolute Gasteiger partial charge is 0.131 e. The maximum atomic E-state index is 5.56. The van der Waals surface area contributed by atoms with Crippen molar-refractivity contribution in [2.24, 2.45) is 15.9 Å². The molecule has 0 amide bonds. The van der Waals surface area contributed by atoms with Crippen molar-refractivity contribution in [3.63, 3.8) is 0 Å². The Balaban J connectivity index is 0.00000122. The van der Waals surface area contributed by atoms with Gasteiger partial charge in [-0.15, -0.1) is 0 Å². The molecule has 0 N–H and O–H groups in total. The van der Waals surface area contributed by atoms with E-state index < -0.39 is 0 Å². The summed E-state index contributed by atoms with van der Waals surface area (Å²) in [5, 5.41) is 5.14. The fourth-order valence-corrected chi connectivity index (χ4v) is 3.07. The predicted molar refractivity (Wildman–Crippen MR) is 164 cm³/mol. The van der Waals surface area contributed by atoms with Gasteiger partial charge in [0.2, 0.25) is 0 Å². The Labute approximate surface area is 230 Å². The van der Waals surface area contributed by atoms with E-state index in [1.54, 1.807) is 30.6 Å². The first-order valence-corrected chi connectivity index (χ1v) is 13.0. The highest BCUT2D eigenvalue weighted by Crippen LogP contribution is 2.06. The van der Waals surface area contributed by atoms with Gasteiger partial charge in [-0.05, 0) is 84.1 Å². The van der Waals surface area contributed by atoms with Gasteiger partial charge < -0.3 is 4.90 Å². The highest BCUT2D eigenvalue weighted by atomic mass is 35.5. The van der Waals surface area contributed by atoms with Crippen molar-refractivity contribution in [2.45, 2.75) is 53.6 Å². The molecule has 0 bridgehead atoms. The molecule has 1 heterocycles. The number of hydrogen-bond donors (Lipinski definition) is 0. The van der Waals surface area contributed by atoms with Gasteiger partial charge in [0.1, 0.15) is 6.67 Å². The first-order valence-electron chi connectivity index (χ1n) is 12.6. The minimum Gasteiger partial charge on any atom is -0.303 e. The third-order valence-corrected chi connectivity index (χ3v) is 5.23. The molecule has 0 radical (unpaired) electrons. The molecule has 1 rings (SSSR count). The maximum Gasteiger partial charge on any atom is 0.131 e. The molecule has 6 heteroatoms. The van der Waals surface area contributed by atoms with E-state index >= 15 is 0 Å². The minimum atomic E-state index is 0.277. The molecular formula is C31H44ClN5. The summed E-state index contributed by atoms with van der Waals surface area (Å²) in [7, 11) is 0. The van der Waals surface area contributed by atoms with Crippen LogP contribution in [0.15, 0.2) is 94.7 Å². The van der Waals surface area contributed by atoms with Gasteiger partial charge in [-0.25, -0.2) is 4.68 Å². The zero-order valence-corrected chi connectivity index (χ0v) is 23.9. The largest absolute Gasteiger partial charge is 0.303 e. The fraction of sp³-hybridized carbons (Fsp3) is 0.387. The Hall–Kier alpha value is -3.20. The zero-order valence-electron chi connectivity index (χ0n) is 23.1. The lowest BCUT2D eigenvalue weighted by Gasteiger charge is -2.19. The summed E-state index contributed by atoms with van der Waals surface area (Å²) < 4.78 is 1.94. The molecule has 0 spiro atoms. The molecule has 0 saturated carbocycles. The van der Waals surface area contributed by atoms with E-state index in [4.69, 9.17) is 11.6 Å². The third kappa shape index (κ3) is 19.6. The van der Waals surface area contributed by atoms with Crippen LogP contribution < -0.4 is 0 Å². The quantitative estimate of drug-likeness (QED) is 0.104. The molecule has 0 fully saturated rings. The van der Waals surface area contributed by atoms with Gasteiger partial charge in [0.05, 0.1) is 0 Å². The number of allylic oxidation sites excluding steroid dienone is 8. The van der Waals surface area contributed by atoms with E-state index in [2.05, 4.69) is 83.8 Å². The Morgan fingerprint density at radius 3 is 2.70 bits per heavy atom. The molecule has 1 aromatic rings. The van der Waals surface area contributed by atoms with Crippen molar-refractivity contribution < 1.29 is 0 Å². The molecule has 0 saturated heterocycles. The number of aryl methyl sites for hydroxylation is 1. The molecule has 200 valence electrons. The summed E-state index contributed by atoms with van der Waals surface area (Å²) in [6.45, 7) is 22.5. The Morgan fingerprint density at radius 2 is 2.05 bits per heavy atom. The van der Waals surface area contributed by atoms with Gasteiger partial charge in [0.15, 0.2) is 0 Å². The van der Waals surface area contributed by atoms with E-state index in [9.17, 15) is 0 Å². The molecule has 5 nitrogen and oxygen atoms in total. The van der Waals surface area contributed by atoms with Crippen LogP contribution in [-0.4, -0.2) is 47.2 Å².